The average molecular weight is 284 g/mol. The molecule has 0 aromatic heterocycles. The van der Waals surface area contributed by atoms with E-state index in [2.05, 4.69) is 10.6 Å². The van der Waals surface area contributed by atoms with Crippen LogP contribution in [0.15, 0.2) is 18.2 Å². The van der Waals surface area contributed by atoms with E-state index < -0.39 is 0 Å². The van der Waals surface area contributed by atoms with E-state index in [1.54, 1.807) is 6.07 Å². The Hall–Kier alpha value is -1.33. The second-order valence-electron chi connectivity index (χ2n) is 4.85. The zero-order chi connectivity index (χ0) is 13.7. The van der Waals surface area contributed by atoms with Gasteiger partial charge in [0.05, 0.1) is 4.92 Å². The van der Waals surface area contributed by atoms with E-state index in [1.165, 1.54) is 25.0 Å². The Balaban J connectivity index is 1.91. The highest BCUT2D eigenvalue weighted by Gasteiger charge is 2.15. The fourth-order valence-electron chi connectivity index (χ4n) is 2.39. The molecule has 0 aliphatic carbocycles. The summed E-state index contributed by atoms with van der Waals surface area (Å²) in [5, 5.41) is 17.9. The molecule has 0 spiro atoms. The van der Waals surface area contributed by atoms with Crippen LogP contribution in [0, 0.1) is 16.0 Å². The largest absolute Gasteiger partial charge is 0.379 e. The Morgan fingerprint density at radius 2 is 2.37 bits per heavy atom. The monoisotopic (exact) mass is 283 g/mol. The highest BCUT2D eigenvalue weighted by Crippen LogP contribution is 2.27. The van der Waals surface area contributed by atoms with Crippen LogP contribution < -0.4 is 10.6 Å². The van der Waals surface area contributed by atoms with Crippen molar-refractivity contribution in [3.8, 4) is 0 Å². The molecule has 0 radical (unpaired) electrons. The minimum atomic E-state index is -0.388. The average Bonchev–Trinajstić information content (AvgIpc) is 2.39. The topological polar surface area (TPSA) is 67.2 Å². The van der Waals surface area contributed by atoms with Crippen LogP contribution in [0.5, 0.6) is 0 Å². The predicted octanol–water partition coefficient (Wildman–Crippen LogP) is 3.05. The van der Waals surface area contributed by atoms with Crippen LogP contribution in [0.4, 0.5) is 11.4 Å². The summed E-state index contributed by atoms with van der Waals surface area (Å²) in [5.41, 5.74) is 0.576. The van der Waals surface area contributed by atoms with Gasteiger partial charge in [-0.1, -0.05) is 11.6 Å². The fourth-order valence-corrected chi connectivity index (χ4v) is 2.56. The van der Waals surface area contributed by atoms with Gasteiger partial charge in [0.15, 0.2) is 0 Å². The molecule has 1 atom stereocenters. The standard InChI is InChI=1S/C13H18ClN3O2/c14-11-3-4-13(17(18)19)12(8-11)16-7-5-10-2-1-6-15-9-10/h3-4,8,10,15-16H,1-2,5-7,9H2. The molecule has 1 unspecified atom stereocenters. The van der Waals surface area contributed by atoms with Gasteiger partial charge in [-0.2, -0.15) is 0 Å². The number of benzene rings is 1. The molecule has 1 aromatic carbocycles. The normalized spacial score (nSPS) is 19.1. The third kappa shape index (κ3) is 4.08. The second kappa shape index (κ2) is 6.73. The Kier molecular flexibility index (Phi) is 4.99. The molecular weight excluding hydrogens is 266 g/mol. The molecular formula is C13H18ClN3O2. The third-order valence-electron chi connectivity index (χ3n) is 3.42. The van der Waals surface area contributed by atoms with Crippen molar-refractivity contribution < 1.29 is 4.92 Å². The van der Waals surface area contributed by atoms with Gasteiger partial charge in [0.2, 0.25) is 0 Å². The maximum atomic E-state index is 10.9. The van der Waals surface area contributed by atoms with Crippen molar-refractivity contribution in [1.29, 1.82) is 0 Å². The SMILES string of the molecule is O=[N+]([O-])c1ccc(Cl)cc1NCCC1CCCNC1. The molecule has 19 heavy (non-hydrogen) atoms. The summed E-state index contributed by atoms with van der Waals surface area (Å²) in [6.45, 7) is 2.87. The maximum Gasteiger partial charge on any atom is 0.292 e. The van der Waals surface area contributed by atoms with Gasteiger partial charge >= 0.3 is 0 Å². The summed E-state index contributed by atoms with van der Waals surface area (Å²) in [4.78, 5) is 10.5. The number of piperidine rings is 1. The number of nitrogens with zero attached hydrogens (tertiary/aromatic N) is 1. The van der Waals surface area contributed by atoms with Crippen molar-refractivity contribution in [3.05, 3.63) is 33.3 Å². The first-order valence-electron chi connectivity index (χ1n) is 6.55. The van der Waals surface area contributed by atoms with E-state index in [9.17, 15) is 10.1 Å². The number of nitro benzene ring substituents is 1. The quantitative estimate of drug-likeness (QED) is 0.644. The zero-order valence-corrected chi connectivity index (χ0v) is 11.4. The van der Waals surface area contributed by atoms with Crippen molar-refractivity contribution in [2.24, 2.45) is 5.92 Å². The van der Waals surface area contributed by atoms with Crippen molar-refractivity contribution in [2.45, 2.75) is 19.3 Å². The highest BCUT2D eigenvalue weighted by atomic mass is 35.5. The lowest BCUT2D eigenvalue weighted by Crippen LogP contribution is -2.30. The number of nitro groups is 1. The van der Waals surface area contributed by atoms with Gasteiger partial charge in [-0.3, -0.25) is 10.1 Å². The van der Waals surface area contributed by atoms with Gasteiger partial charge in [-0.25, -0.2) is 0 Å². The summed E-state index contributed by atoms with van der Waals surface area (Å²) in [7, 11) is 0. The van der Waals surface area contributed by atoms with E-state index in [1.807, 2.05) is 0 Å². The van der Waals surface area contributed by atoms with Gasteiger partial charge in [-0.15, -0.1) is 0 Å². The van der Waals surface area contributed by atoms with E-state index in [-0.39, 0.29) is 10.6 Å². The molecule has 6 heteroatoms. The number of anilines is 1. The maximum absolute atomic E-state index is 10.9. The number of halogens is 1. The molecule has 0 bridgehead atoms. The summed E-state index contributed by atoms with van der Waals surface area (Å²) < 4.78 is 0. The van der Waals surface area contributed by atoms with Crippen molar-refractivity contribution >= 4 is 23.0 Å². The molecule has 1 fully saturated rings. The first-order valence-corrected chi connectivity index (χ1v) is 6.93. The Morgan fingerprint density at radius 3 is 3.05 bits per heavy atom. The van der Waals surface area contributed by atoms with E-state index in [0.717, 1.165) is 26.1 Å². The molecule has 5 nitrogen and oxygen atoms in total. The fraction of sp³-hybridized carbons (Fsp3) is 0.538. The summed E-state index contributed by atoms with van der Waals surface area (Å²) >= 11 is 5.88. The Labute approximate surface area is 117 Å². The molecule has 2 rings (SSSR count). The van der Waals surface area contributed by atoms with E-state index in [4.69, 9.17) is 11.6 Å². The van der Waals surface area contributed by atoms with Gasteiger partial charge in [0.1, 0.15) is 5.69 Å². The summed E-state index contributed by atoms with van der Waals surface area (Å²) in [5.74, 6) is 0.652. The van der Waals surface area contributed by atoms with Crippen LogP contribution in [0.1, 0.15) is 19.3 Å². The van der Waals surface area contributed by atoms with Crippen LogP contribution in [0.2, 0.25) is 5.02 Å². The molecule has 0 saturated carbocycles. The minimum absolute atomic E-state index is 0.0752. The van der Waals surface area contributed by atoms with Crippen molar-refractivity contribution in [1.82, 2.24) is 5.32 Å². The first kappa shape index (κ1) is 14.1. The van der Waals surface area contributed by atoms with Crippen LogP contribution in [-0.2, 0) is 0 Å². The minimum Gasteiger partial charge on any atom is -0.379 e. The molecule has 1 aliphatic heterocycles. The van der Waals surface area contributed by atoms with Crippen LogP contribution in [-0.4, -0.2) is 24.6 Å². The Morgan fingerprint density at radius 1 is 1.53 bits per heavy atom. The smallest absolute Gasteiger partial charge is 0.292 e. The number of rotatable bonds is 5. The number of hydrogen-bond donors (Lipinski definition) is 2. The lowest BCUT2D eigenvalue weighted by atomic mass is 9.96. The third-order valence-corrected chi connectivity index (χ3v) is 3.66. The Bertz CT molecular complexity index is 448. The van der Waals surface area contributed by atoms with Crippen molar-refractivity contribution in [3.63, 3.8) is 0 Å². The molecule has 104 valence electrons. The van der Waals surface area contributed by atoms with Gasteiger partial charge in [-0.05, 0) is 50.4 Å². The lowest BCUT2D eigenvalue weighted by molar-refractivity contribution is -0.384. The van der Waals surface area contributed by atoms with Gasteiger partial charge in [0.25, 0.3) is 5.69 Å². The van der Waals surface area contributed by atoms with Crippen LogP contribution >= 0.6 is 11.6 Å². The van der Waals surface area contributed by atoms with Crippen LogP contribution in [0.3, 0.4) is 0 Å². The molecule has 0 amide bonds. The zero-order valence-electron chi connectivity index (χ0n) is 10.7. The first-order chi connectivity index (χ1) is 9.16. The van der Waals surface area contributed by atoms with Crippen LogP contribution in [0.25, 0.3) is 0 Å². The second-order valence-corrected chi connectivity index (χ2v) is 5.28. The van der Waals surface area contributed by atoms with Crippen molar-refractivity contribution in [2.75, 3.05) is 25.0 Å². The molecule has 1 saturated heterocycles. The molecule has 2 N–H and O–H groups in total. The molecule has 1 aromatic rings. The molecule has 1 aliphatic rings. The molecule has 1 heterocycles. The summed E-state index contributed by atoms with van der Waals surface area (Å²) in [6, 6.07) is 4.58. The number of hydrogen-bond acceptors (Lipinski definition) is 4. The number of nitrogens with one attached hydrogen (secondary N) is 2. The predicted molar refractivity (Wildman–Crippen MR) is 76.8 cm³/mol. The highest BCUT2D eigenvalue weighted by molar-refractivity contribution is 6.31. The summed E-state index contributed by atoms with van der Waals surface area (Å²) in [6.07, 6.45) is 3.45. The van der Waals surface area contributed by atoms with E-state index in [0.29, 0.717) is 16.6 Å². The van der Waals surface area contributed by atoms with Gasteiger partial charge in [0, 0.05) is 17.6 Å². The van der Waals surface area contributed by atoms with Gasteiger partial charge < -0.3 is 10.6 Å². The van der Waals surface area contributed by atoms with E-state index >= 15 is 0 Å². The lowest BCUT2D eigenvalue weighted by Gasteiger charge is -2.22.